The summed E-state index contributed by atoms with van der Waals surface area (Å²) >= 11 is 0. The van der Waals surface area contributed by atoms with E-state index in [1.165, 1.54) is 17.5 Å². The van der Waals surface area contributed by atoms with Crippen molar-refractivity contribution in [3.63, 3.8) is 0 Å². The van der Waals surface area contributed by atoms with Gasteiger partial charge in [0.2, 0.25) is 0 Å². The average molecular weight is 420 g/mol. The van der Waals surface area contributed by atoms with E-state index in [9.17, 15) is 0 Å². The van der Waals surface area contributed by atoms with E-state index in [-0.39, 0.29) is 12.4 Å². The van der Waals surface area contributed by atoms with Crippen LogP contribution in [0.3, 0.4) is 0 Å². The summed E-state index contributed by atoms with van der Waals surface area (Å²) in [5.41, 5.74) is 4.60. The van der Waals surface area contributed by atoms with Crippen LogP contribution in [0.4, 0.5) is 11.5 Å². The molecule has 0 unspecified atom stereocenters. The number of para-hydroxylation sites is 1. The van der Waals surface area contributed by atoms with Gasteiger partial charge in [-0.05, 0) is 29.3 Å². The lowest BCUT2D eigenvalue weighted by atomic mass is 9.95. The molecule has 0 N–H and O–H groups in total. The summed E-state index contributed by atoms with van der Waals surface area (Å²) in [6, 6.07) is 22.1. The quantitative estimate of drug-likeness (QED) is 0.348. The molecule has 0 saturated carbocycles. The third kappa shape index (κ3) is 3.93. The zero-order chi connectivity index (χ0) is 20.2. The minimum absolute atomic E-state index is 0. The predicted molar refractivity (Wildman–Crippen MR) is 124 cm³/mol. The fourth-order valence-electron chi connectivity index (χ4n) is 3.13. The van der Waals surface area contributed by atoms with Crippen molar-refractivity contribution >= 4 is 34.8 Å². The molecule has 152 valence electrons. The smallest absolute Gasteiger partial charge is 0.162 e. The molecule has 6 heteroatoms. The molecule has 2 aliphatic carbocycles. The third-order valence-corrected chi connectivity index (χ3v) is 4.78. The van der Waals surface area contributed by atoms with Gasteiger partial charge in [0.1, 0.15) is 12.1 Å². The first-order valence-electron chi connectivity index (χ1n) is 9.19. The van der Waals surface area contributed by atoms with Crippen LogP contribution in [-0.2, 0) is 0 Å². The molecule has 0 aliphatic heterocycles. The average Bonchev–Trinajstić information content (AvgIpc) is 2.77. The minimum Gasteiger partial charge on any atom is -0.493 e. The highest BCUT2D eigenvalue weighted by Crippen LogP contribution is 2.36. The molecule has 30 heavy (non-hydrogen) atoms. The lowest BCUT2D eigenvalue weighted by Crippen LogP contribution is -2.10. The number of ether oxygens (including phenoxy) is 2. The van der Waals surface area contributed by atoms with Crippen LogP contribution >= 0.6 is 12.4 Å². The van der Waals surface area contributed by atoms with E-state index in [1.54, 1.807) is 20.4 Å². The van der Waals surface area contributed by atoms with Crippen molar-refractivity contribution in [2.45, 2.75) is 0 Å². The maximum Gasteiger partial charge on any atom is 0.162 e. The van der Waals surface area contributed by atoms with Gasteiger partial charge in [-0.1, -0.05) is 49.0 Å². The largest absolute Gasteiger partial charge is 0.493 e. The summed E-state index contributed by atoms with van der Waals surface area (Å²) in [6.45, 7) is 3.91. The molecule has 2 aromatic carbocycles. The van der Waals surface area contributed by atoms with E-state index < -0.39 is 0 Å². The van der Waals surface area contributed by atoms with E-state index >= 15 is 0 Å². The third-order valence-electron chi connectivity index (χ3n) is 4.78. The summed E-state index contributed by atoms with van der Waals surface area (Å²) in [4.78, 5) is 10.7. The zero-order valence-electron chi connectivity index (χ0n) is 16.8. The monoisotopic (exact) mass is 419 g/mol. The second kappa shape index (κ2) is 9.29. The first-order valence-corrected chi connectivity index (χ1v) is 9.19. The maximum atomic E-state index is 5.39. The zero-order valence-corrected chi connectivity index (χ0v) is 17.6. The topological polar surface area (TPSA) is 47.5 Å². The Morgan fingerprint density at radius 3 is 1.93 bits per heavy atom. The van der Waals surface area contributed by atoms with Crippen molar-refractivity contribution in [2.75, 3.05) is 19.1 Å². The first-order chi connectivity index (χ1) is 14.2. The molecule has 0 radical (unpaired) electrons. The molecule has 0 bridgehead atoms. The van der Waals surface area contributed by atoms with Gasteiger partial charge < -0.3 is 14.4 Å². The number of nitrogens with zero attached hydrogens (tertiary/aromatic N) is 3. The Morgan fingerprint density at radius 1 is 0.833 bits per heavy atom. The molecule has 0 amide bonds. The normalized spacial score (nSPS) is 10.2. The van der Waals surface area contributed by atoms with Crippen LogP contribution in [0.25, 0.3) is 22.0 Å². The van der Waals surface area contributed by atoms with Crippen molar-refractivity contribution in [1.82, 2.24) is 9.97 Å². The number of benzene rings is 3. The van der Waals surface area contributed by atoms with Crippen LogP contribution in [0.1, 0.15) is 0 Å². The van der Waals surface area contributed by atoms with Crippen LogP contribution in [0.5, 0.6) is 11.5 Å². The summed E-state index contributed by atoms with van der Waals surface area (Å²) in [5, 5.41) is 0.855. The molecular weight excluding hydrogens is 398 g/mol. The van der Waals surface area contributed by atoms with Crippen LogP contribution in [0, 0.1) is 0 Å². The van der Waals surface area contributed by atoms with Gasteiger partial charge in [-0.15, -0.1) is 12.4 Å². The van der Waals surface area contributed by atoms with Gasteiger partial charge in [-0.3, -0.25) is 0 Å². The number of aromatic nitrogens is 2. The lowest BCUT2D eigenvalue weighted by Gasteiger charge is -2.21. The summed E-state index contributed by atoms with van der Waals surface area (Å²) in [7, 11) is 3.21. The fourth-order valence-corrected chi connectivity index (χ4v) is 3.13. The molecule has 1 heterocycles. The van der Waals surface area contributed by atoms with Gasteiger partial charge in [0.15, 0.2) is 11.5 Å². The Labute approximate surface area is 182 Å². The molecule has 3 aromatic rings. The van der Waals surface area contributed by atoms with Crippen molar-refractivity contribution in [3.8, 4) is 22.6 Å². The molecule has 0 atom stereocenters. The standard InChI is InChI=1S/C18H17N3O2.C6H4.ClH/c1-4-21(13-8-6-5-7-9-13)18-14-10-16(22-2)17(23-3)11-15(14)19-12-20-18;1-2-6-4-3-5(1)6;/h4-12H,1H2,2-3H3;1-4H;1H. The molecule has 2 aliphatic rings. The van der Waals surface area contributed by atoms with Crippen molar-refractivity contribution in [3.05, 3.63) is 85.8 Å². The SMILES string of the molecule is C=CN(c1ccccc1)c1ncnc2cc(OC)c(OC)cc12.Cl.c1cc2ccc1-2. The summed E-state index contributed by atoms with van der Waals surface area (Å²) in [6.07, 6.45) is 3.26. The highest BCUT2D eigenvalue weighted by Gasteiger charge is 2.15. The first kappa shape index (κ1) is 21.1. The number of fused-ring (bicyclic) bond motifs is 2. The highest BCUT2D eigenvalue weighted by molar-refractivity contribution is 5.94. The van der Waals surface area contributed by atoms with Crippen LogP contribution in [0.2, 0.25) is 0 Å². The lowest BCUT2D eigenvalue weighted by molar-refractivity contribution is 0.356. The van der Waals surface area contributed by atoms with Gasteiger partial charge in [0, 0.05) is 23.3 Å². The Hall–Kier alpha value is -3.57. The predicted octanol–water partition coefficient (Wildman–Crippen LogP) is 6.02. The molecule has 0 fully saturated rings. The van der Waals surface area contributed by atoms with E-state index in [0.717, 1.165) is 22.4 Å². The number of hydrogen-bond donors (Lipinski definition) is 0. The van der Waals surface area contributed by atoms with Crippen molar-refractivity contribution < 1.29 is 9.47 Å². The number of rotatable bonds is 5. The number of halogens is 1. The Bertz CT molecular complexity index is 1130. The fraction of sp³-hybridized carbons (Fsp3) is 0.0833. The van der Waals surface area contributed by atoms with Gasteiger partial charge in [-0.25, -0.2) is 9.97 Å². The second-order valence-corrected chi connectivity index (χ2v) is 6.39. The Balaban J connectivity index is 0.000000309. The molecule has 5 nitrogen and oxygen atoms in total. The van der Waals surface area contributed by atoms with Gasteiger partial charge in [0.25, 0.3) is 0 Å². The number of anilines is 2. The number of hydrogen-bond acceptors (Lipinski definition) is 5. The van der Waals surface area contributed by atoms with E-state index in [2.05, 4.69) is 40.8 Å². The van der Waals surface area contributed by atoms with Gasteiger partial charge >= 0.3 is 0 Å². The van der Waals surface area contributed by atoms with Gasteiger partial charge in [-0.2, -0.15) is 0 Å². The van der Waals surface area contributed by atoms with Crippen LogP contribution < -0.4 is 14.4 Å². The highest BCUT2D eigenvalue weighted by atomic mass is 35.5. The van der Waals surface area contributed by atoms with Crippen LogP contribution in [-0.4, -0.2) is 24.2 Å². The van der Waals surface area contributed by atoms with E-state index in [4.69, 9.17) is 9.47 Å². The minimum atomic E-state index is 0. The Morgan fingerprint density at radius 2 is 1.43 bits per heavy atom. The molecule has 0 spiro atoms. The van der Waals surface area contributed by atoms with Crippen molar-refractivity contribution in [2.24, 2.45) is 0 Å². The van der Waals surface area contributed by atoms with Gasteiger partial charge in [0.05, 0.1) is 19.7 Å². The molecular formula is C24H22ClN3O2. The maximum absolute atomic E-state index is 5.39. The van der Waals surface area contributed by atoms with E-state index in [1.807, 2.05) is 47.4 Å². The van der Waals surface area contributed by atoms with Crippen LogP contribution in [0.15, 0.2) is 85.8 Å². The van der Waals surface area contributed by atoms with Crippen molar-refractivity contribution in [1.29, 1.82) is 0 Å². The molecule has 1 aromatic heterocycles. The number of methoxy groups -OCH3 is 2. The van der Waals surface area contributed by atoms with E-state index in [0.29, 0.717) is 11.5 Å². The Kier molecular flexibility index (Phi) is 6.54. The summed E-state index contributed by atoms with van der Waals surface area (Å²) in [5.74, 6) is 2.00. The molecule has 5 rings (SSSR count). The second-order valence-electron chi connectivity index (χ2n) is 6.39. The molecule has 0 saturated heterocycles. The summed E-state index contributed by atoms with van der Waals surface area (Å²) < 4.78 is 10.7.